The molecule has 1 radical (unpaired) electrons. The summed E-state index contributed by atoms with van der Waals surface area (Å²) in [5.41, 5.74) is 0. The fourth-order valence-corrected chi connectivity index (χ4v) is 0.594. The first-order valence-corrected chi connectivity index (χ1v) is 3.18. The number of nitro groups is 1. The van der Waals surface area contributed by atoms with Crippen LogP contribution in [-0.2, 0) is 0 Å². The van der Waals surface area contributed by atoms with Crippen LogP contribution in [0.1, 0.15) is 25.7 Å². The molecule has 0 aromatic rings. The van der Waals surface area contributed by atoms with Crippen LogP contribution in [0.5, 0.6) is 0 Å². The largest absolute Gasteiger partial charge is 0.265 e. The van der Waals surface area contributed by atoms with E-state index < -0.39 is 0 Å². The van der Waals surface area contributed by atoms with Gasteiger partial charge in [0.15, 0.2) is 0 Å². The van der Waals surface area contributed by atoms with E-state index in [9.17, 15) is 10.1 Å². The van der Waals surface area contributed by atoms with E-state index in [4.69, 9.17) is 0 Å². The average molecular weight is 130 g/mol. The van der Waals surface area contributed by atoms with Gasteiger partial charge in [-0.15, -0.1) is 0 Å². The minimum absolute atomic E-state index is 0.111. The molecular formula is C6H12NO2. The molecule has 0 bridgehead atoms. The zero-order chi connectivity index (χ0) is 7.11. The van der Waals surface area contributed by atoms with Gasteiger partial charge >= 0.3 is 0 Å². The van der Waals surface area contributed by atoms with Crippen LogP contribution in [0.15, 0.2) is 0 Å². The van der Waals surface area contributed by atoms with Crippen molar-refractivity contribution >= 4 is 0 Å². The SMILES string of the molecule is [CH2]CCCCC[N+](=O)[O-]. The lowest BCUT2D eigenvalue weighted by Gasteiger charge is -1.91. The van der Waals surface area contributed by atoms with Gasteiger partial charge in [0.2, 0.25) is 6.54 Å². The summed E-state index contributed by atoms with van der Waals surface area (Å²) in [4.78, 5) is 9.48. The number of unbranched alkanes of at least 4 members (excludes halogenated alkanes) is 3. The van der Waals surface area contributed by atoms with Crippen molar-refractivity contribution < 1.29 is 4.92 Å². The molecule has 0 saturated heterocycles. The van der Waals surface area contributed by atoms with Gasteiger partial charge in [0.1, 0.15) is 0 Å². The van der Waals surface area contributed by atoms with Gasteiger partial charge in [-0.1, -0.05) is 19.8 Å². The molecule has 0 rings (SSSR count). The second kappa shape index (κ2) is 5.54. The van der Waals surface area contributed by atoms with Crippen LogP contribution in [0.4, 0.5) is 0 Å². The summed E-state index contributed by atoms with van der Waals surface area (Å²) in [6.07, 6.45) is 3.53. The second-order valence-electron chi connectivity index (χ2n) is 1.97. The maximum absolute atomic E-state index is 9.75. The van der Waals surface area contributed by atoms with Gasteiger partial charge in [0.05, 0.1) is 0 Å². The Morgan fingerprint density at radius 3 is 2.44 bits per heavy atom. The van der Waals surface area contributed by atoms with Crippen LogP contribution in [0.3, 0.4) is 0 Å². The summed E-state index contributed by atoms with van der Waals surface area (Å²) in [5.74, 6) is 0. The molecule has 0 atom stereocenters. The quantitative estimate of drug-likeness (QED) is 0.322. The van der Waals surface area contributed by atoms with E-state index >= 15 is 0 Å². The number of hydrogen-bond donors (Lipinski definition) is 0. The molecule has 3 nitrogen and oxygen atoms in total. The Morgan fingerprint density at radius 1 is 1.33 bits per heavy atom. The fraction of sp³-hybridized carbons (Fsp3) is 0.833. The van der Waals surface area contributed by atoms with E-state index in [1.807, 2.05) is 0 Å². The fourth-order valence-electron chi connectivity index (χ4n) is 0.594. The first-order valence-electron chi connectivity index (χ1n) is 3.18. The predicted octanol–water partition coefficient (Wildman–Crippen LogP) is 1.66. The highest BCUT2D eigenvalue weighted by Gasteiger charge is 1.94. The van der Waals surface area contributed by atoms with Gasteiger partial charge in [0, 0.05) is 11.3 Å². The molecule has 0 fully saturated rings. The van der Waals surface area contributed by atoms with E-state index in [1.165, 1.54) is 0 Å². The smallest absolute Gasteiger partial charge is 0.203 e. The Hall–Kier alpha value is -0.600. The summed E-state index contributed by atoms with van der Waals surface area (Å²) >= 11 is 0. The number of rotatable bonds is 5. The van der Waals surface area contributed by atoms with Gasteiger partial charge in [-0.2, -0.15) is 0 Å². The third-order valence-electron chi connectivity index (χ3n) is 1.09. The minimum Gasteiger partial charge on any atom is -0.265 e. The van der Waals surface area contributed by atoms with Crippen molar-refractivity contribution in [2.24, 2.45) is 0 Å². The Labute approximate surface area is 55.2 Å². The Balaban J connectivity index is 2.83. The maximum Gasteiger partial charge on any atom is 0.203 e. The van der Waals surface area contributed by atoms with Crippen LogP contribution < -0.4 is 0 Å². The molecule has 0 aromatic carbocycles. The summed E-state index contributed by atoms with van der Waals surface area (Å²) in [5, 5.41) is 9.75. The molecule has 0 spiro atoms. The van der Waals surface area contributed by atoms with Crippen LogP contribution >= 0.6 is 0 Å². The summed E-state index contributed by atoms with van der Waals surface area (Å²) < 4.78 is 0. The molecule has 0 amide bonds. The Morgan fingerprint density at radius 2 is 2.00 bits per heavy atom. The highest BCUT2D eigenvalue weighted by molar-refractivity contribution is 4.42. The van der Waals surface area contributed by atoms with Crippen molar-refractivity contribution in [1.29, 1.82) is 0 Å². The van der Waals surface area contributed by atoms with E-state index in [1.54, 1.807) is 0 Å². The molecule has 0 aliphatic carbocycles. The van der Waals surface area contributed by atoms with Crippen LogP contribution in [-0.4, -0.2) is 11.5 Å². The third kappa shape index (κ3) is 7.40. The number of nitrogens with zero attached hydrogens (tertiary/aromatic N) is 1. The monoisotopic (exact) mass is 130 g/mol. The molecule has 0 aromatic heterocycles. The molecule has 0 unspecified atom stereocenters. The van der Waals surface area contributed by atoms with Crippen molar-refractivity contribution in [3.63, 3.8) is 0 Å². The lowest BCUT2D eigenvalue weighted by atomic mass is 10.2. The third-order valence-corrected chi connectivity index (χ3v) is 1.09. The van der Waals surface area contributed by atoms with Crippen molar-refractivity contribution in [3.05, 3.63) is 17.0 Å². The molecule has 0 N–H and O–H groups in total. The van der Waals surface area contributed by atoms with E-state index in [0.29, 0.717) is 6.42 Å². The van der Waals surface area contributed by atoms with Gasteiger partial charge in [-0.3, -0.25) is 10.1 Å². The first-order chi connectivity index (χ1) is 4.27. The van der Waals surface area contributed by atoms with Gasteiger partial charge in [-0.25, -0.2) is 0 Å². The van der Waals surface area contributed by atoms with Crippen molar-refractivity contribution in [1.82, 2.24) is 0 Å². The van der Waals surface area contributed by atoms with Crippen LogP contribution in [0.2, 0.25) is 0 Å². The molecule has 9 heavy (non-hydrogen) atoms. The normalized spacial score (nSPS) is 9.44. The molecule has 0 heterocycles. The standard InChI is InChI=1S/C6H12NO2/c1-2-3-4-5-6-7(8)9/h1-6H2. The van der Waals surface area contributed by atoms with Gasteiger partial charge in [-0.05, 0) is 6.42 Å². The lowest BCUT2D eigenvalue weighted by molar-refractivity contribution is -0.480. The minimum atomic E-state index is -0.275. The Kier molecular flexibility index (Phi) is 5.17. The van der Waals surface area contributed by atoms with E-state index in [-0.39, 0.29) is 11.5 Å². The predicted molar refractivity (Wildman–Crippen MR) is 35.7 cm³/mol. The topological polar surface area (TPSA) is 43.1 Å². The summed E-state index contributed by atoms with van der Waals surface area (Å²) in [7, 11) is 0. The maximum atomic E-state index is 9.75. The van der Waals surface area contributed by atoms with Crippen LogP contribution in [0.25, 0.3) is 0 Å². The lowest BCUT2D eigenvalue weighted by Crippen LogP contribution is -1.99. The molecule has 0 aliphatic heterocycles. The molecule has 53 valence electrons. The van der Waals surface area contributed by atoms with Crippen molar-refractivity contribution in [2.45, 2.75) is 25.7 Å². The van der Waals surface area contributed by atoms with E-state index in [0.717, 1.165) is 19.3 Å². The second-order valence-corrected chi connectivity index (χ2v) is 1.97. The van der Waals surface area contributed by atoms with Gasteiger partial charge < -0.3 is 0 Å². The van der Waals surface area contributed by atoms with E-state index in [2.05, 4.69) is 6.92 Å². The number of hydrogen-bond acceptors (Lipinski definition) is 2. The Bertz CT molecular complexity index is 83.1. The van der Waals surface area contributed by atoms with Crippen molar-refractivity contribution in [2.75, 3.05) is 6.54 Å². The highest BCUT2D eigenvalue weighted by atomic mass is 16.6. The average Bonchev–Trinajstić information content (AvgIpc) is 1.80. The molecule has 0 aliphatic rings. The molecular weight excluding hydrogens is 118 g/mol. The summed E-state index contributed by atoms with van der Waals surface area (Å²) in [6.45, 7) is 3.74. The highest BCUT2D eigenvalue weighted by Crippen LogP contribution is 1.97. The zero-order valence-electron chi connectivity index (χ0n) is 5.51. The molecule has 0 saturated carbocycles. The first kappa shape index (κ1) is 8.40. The van der Waals surface area contributed by atoms with Crippen molar-refractivity contribution in [3.8, 4) is 0 Å². The van der Waals surface area contributed by atoms with Gasteiger partial charge in [0.25, 0.3) is 0 Å². The summed E-state index contributed by atoms with van der Waals surface area (Å²) in [6, 6.07) is 0. The zero-order valence-corrected chi connectivity index (χ0v) is 5.51. The molecule has 3 heteroatoms. The van der Waals surface area contributed by atoms with Crippen LogP contribution in [0, 0.1) is 17.0 Å².